The summed E-state index contributed by atoms with van der Waals surface area (Å²) in [4.78, 5) is 12.0. The quantitative estimate of drug-likeness (QED) is 0.661. The average Bonchev–Trinajstić information content (AvgIpc) is 3.12. The van der Waals surface area contributed by atoms with Crippen LogP contribution in [0.2, 0.25) is 5.02 Å². The Bertz CT molecular complexity index is 412. The van der Waals surface area contributed by atoms with Gasteiger partial charge in [0.2, 0.25) is 0 Å². The molecule has 0 radical (unpaired) electrons. The zero-order chi connectivity index (χ0) is 12.5. The molecule has 0 atom stereocenters. The lowest BCUT2D eigenvalue weighted by atomic mass is 10.0. The van der Waals surface area contributed by atoms with Crippen LogP contribution in [0.15, 0.2) is 24.3 Å². The van der Waals surface area contributed by atoms with Gasteiger partial charge < -0.3 is 0 Å². The van der Waals surface area contributed by atoms with Gasteiger partial charge in [-0.2, -0.15) is 0 Å². The number of nitrogens with zero attached hydrogens (tertiary/aromatic N) is 1. The van der Waals surface area contributed by atoms with Crippen molar-refractivity contribution in [3.05, 3.63) is 34.9 Å². The SMILES string of the molecule is CCC1(C(=O)N(O)Cc2ccc(Cl)cc2)CC1. The molecule has 1 aromatic rings. The van der Waals surface area contributed by atoms with Crippen molar-refractivity contribution in [2.45, 2.75) is 32.7 Å². The van der Waals surface area contributed by atoms with Crippen LogP contribution < -0.4 is 0 Å². The summed E-state index contributed by atoms with van der Waals surface area (Å²) in [6.45, 7) is 2.21. The molecule has 1 N–H and O–H groups in total. The third kappa shape index (κ3) is 2.61. The molecule has 1 aliphatic carbocycles. The largest absolute Gasteiger partial charge is 0.286 e. The fraction of sp³-hybridized carbons (Fsp3) is 0.462. The highest BCUT2D eigenvalue weighted by Gasteiger charge is 2.49. The van der Waals surface area contributed by atoms with Crippen molar-refractivity contribution >= 4 is 17.5 Å². The molecule has 17 heavy (non-hydrogen) atoms. The van der Waals surface area contributed by atoms with Crippen LogP contribution >= 0.6 is 11.6 Å². The van der Waals surface area contributed by atoms with Crippen molar-refractivity contribution in [2.75, 3.05) is 0 Å². The first-order valence-corrected chi connectivity index (χ1v) is 6.20. The molecule has 1 fully saturated rings. The van der Waals surface area contributed by atoms with E-state index in [1.54, 1.807) is 12.1 Å². The number of hydrogen-bond donors (Lipinski definition) is 1. The summed E-state index contributed by atoms with van der Waals surface area (Å²) in [7, 11) is 0. The first-order chi connectivity index (χ1) is 8.07. The predicted octanol–water partition coefficient (Wildman–Crippen LogP) is 3.25. The molecule has 0 bridgehead atoms. The molecule has 0 heterocycles. The molecular weight excluding hydrogens is 238 g/mol. The van der Waals surface area contributed by atoms with Crippen molar-refractivity contribution in [3.63, 3.8) is 0 Å². The van der Waals surface area contributed by atoms with Crippen LogP contribution in [0.5, 0.6) is 0 Å². The first-order valence-electron chi connectivity index (χ1n) is 5.83. The molecular formula is C13H16ClNO2. The van der Waals surface area contributed by atoms with E-state index in [2.05, 4.69) is 0 Å². The molecule has 0 aliphatic heterocycles. The molecule has 0 saturated heterocycles. The second-order valence-electron chi connectivity index (χ2n) is 4.62. The van der Waals surface area contributed by atoms with E-state index >= 15 is 0 Å². The number of halogens is 1. The lowest BCUT2D eigenvalue weighted by molar-refractivity contribution is -0.174. The molecule has 0 spiro atoms. The van der Waals surface area contributed by atoms with E-state index in [1.165, 1.54) is 0 Å². The maximum absolute atomic E-state index is 12.0. The maximum Gasteiger partial charge on any atom is 0.252 e. The Morgan fingerprint density at radius 3 is 2.47 bits per heavy atom. The lowest BCUT2D eigenvalue weighted by Gasteiger charge is -2.20. The Balaban J connectivity index is 1.99. The van der Waals surface area contributed by atoms with Gasteiger partial charge in [0.15, 0.2) is 0 Å². The zero-order valence-corrected chi connectivity index (χ0v) is 10.6. The first kappa shape index (κ1) is 12.4. The second-order valence-corrected chi connectivity index (χ2v) is 5.06. The Morgan fingerprint density at radius 2 is 2.00 bits per heavy atom. The Morgan fingerprint density at radius 1 is 1.41 bits per heavy atom. The minimum absolute atomic E-state index is 0.157. The van der Waals surface area contributed by atoms with Crippen LogP contribution in [0.25, 0.3) is 0 Å². The fourth-order valence-corrected chi connectivity index (χ4v) is 2.10. The van der Waals surface area contributed by atoms with E-state index < -0.39 is 0 Å². The van der Waals surface area contributed by atoms with Crippen LogP contribution in [0.3, 0.4) is 0 Å². The number of carbonyl (C=O) groups is 1. The van der Waals surface area contributed by atoms with Crippen LogP contribution in [0, 0.1) is 5.41 Å². The van der Waals surface area contributed by atoms with Crippen molar-refractivity contribution in [1.29, 1.82) is 0 Å². The van der Waals surface area contributed by atoms with Crippen molar-refractivity contribution < 1.29 is 10.0 Å². The molecule has 2 rings (SSSR count). The van der Waals surface area contributed by atoms with Gasteiger partial charge in [0, 0.05) is 5.02 Å². The summed E-state index contributed by atoms with van der Waals surface area (Å²) >= 11 is 5.77. The topological polar surface area (TPSA) is 40.5 Å². The normalized spacial score (nSPS) is 16.6. The number of benzene rings is 1. The molecule has 1 aromatic carbocycles. The monoisotopic (exact) mass is 253 g/mol. The van der Waals surface area contributed by atoms with Gasteiger partial charge in [0.1, 0.15) is 0 Å². The summed E-state index contributed by atoms with van der Waals surface area (Å²) < 4.78 is 0. The zero-order valence-electron chi connectivity index (χ0n) is 9.82. The van der Waals surface area contributed by atoms with Gasteiger partial charge >= 0.3 is 0 Å². The summed E-state index contributed by atoms with van der Waals surface area (Å²) in [6, 6.07) is 7.12. The molecule has 0 aromatic heterocycles. The predicted molar refractivity (Wildman–Crippen MR) is 65.7 cm³/mol. The summed E-state index contributed by atoms with van der Waals surface area (Å²) in [5.41, 5.74) is 0.582. The molecule has 4 heteroatoms. The van der Waals surface area contributed by atoms with Crippen molar-refractivity contribution in [2.24, 2.45) is 5.41 Å². The maximum atomic E-state index is 12.0. The highest BCUT2D eigenvalue weighted by molar-refractivity contribution is 6.30. The van der Waals surface area contributed by atoms with Gasteiger partial charge in [-0.15, -0.1) is 0 Å². The van der Waals surface area contributed by atoms with E-state index in [0.717, 1.165) is 29.9 Å². The number of hydrogen-bond acceptors (Lipinski definition) is 2. The lowest BCUT2D eigenvalue weighted by Crippen LogP contribution is -2.33. The molecule has 1 aliphatic rings. The average molecular weight is 254 g/mol. The minimum Gasteiger partial charge on any atom is -0.286 e. The highest BCUT2D eigenvalue weighted by atomic mass is 35.5. The summed E-state index contributed by atoms with van der Waals surface area (Å²) in [5, 5.41) is 11.3. The molecule has 1 amide bonds. The Hall–Kier alpha value is -1.06. The molecule has 0 unspecified atom stereocenters. The van der Waals surface area contributed by atoms with Gasteiger partial charge in [-0.05, 0) is 37.0 Å². The van der Waals surface area contributed by atoms with Crippen LogP contribution in [-0.2, 0) is 11.3 Å². The van der Waals surface area contributed by atoms with Gasteiger partial charge in [-0.1, -0.05) is 30.7 Å². The Labute approximate surface area is 106 Å². The van der Waals surface area contributed by atoms with Crippen molar-refractivity contribution in [3.8, 4) is 0 Å². The van der Waals surface area contributed by atoms with E-state index in [0.29, 0.717) is 5.02 Å². The summed E-state index contributed by atoms with van der Waals surface area (Å²) in [5.74, 6) is -0.157. The van der Waals surface area contributed by atoms with Crippen LogP contribution in [0.1, 0.15) is 31.7 Å². The number of amides is 1. The standard InChI is InChI=1S/C13H16ClNO2/c1-2-13(7-8-13)12(16)15(17)9-10-3-5-11(14)6-4-10/h3-6,17H,2,7-9H2,1H3. The fourth-order valence-electron chi connectivity index (χ4n) is 1.98. The third-order valence-electron chi connectivity index (χ3n) is 3.46. The Kier molecular flexibility index (Phi) is 3.40. The van der Waals surface area contributed by atoms with Gasteiger partial charge in [0.25, 0.3) is 5.91 Å². The van der Waals surface area contributed by atoms with Crippen LogP contribution in [-0.4, -0.2) is 16.2 Å². The van der Waals surface area contributed by atoms with Crippen LogP contribution in [0.4, 0.5) is 0 Å². The molecule has 92 valence electrons. The third-order valence-corrected chi connectivity index (χ3v) is 3.72. The minimum atomic E-state index is -0.291. The molecule has 3 nitrogen and oxygen atoms in total. The van der Waals surface area contributed by atoms with E-state index in [4.69, 9.17) is 11.6 Å². The molecule has 1 saturated carbocycles. The smallest absolute Gasteiger partial charge is 0.252 e. The highest BCUT2D eigenvalue weighted by Crippen LogP contribution is 2.49. The van der Waals surface area contributed by atoms with E-state index in [1.807, 2.05) is 19.1 Å². The van der Waals surface area contributed by atoms with E-state index in [9.17, 15) is 10.0 Å². The van der Waals surface area contributed by atoms with Gasteiger partial charge in [-0.25, -0.2) is 5.06 Å². The summed E-state index contributed by atoms with van der Waals surface area (Å²) in [6.07, 6.45) is 2.57. The second kappa shape index (κ2) is 4.67. The van der Waals surface area contributed by atoms with Crippen molar-refractivity contribution in [1.82, 2.24) is 5.06 Å². The van der Waals surface area contributed by atoms with Gasteiger partial charge in [-0.3, -0.25) is 10.0 Å². The number of hydroxylamine groups is 2. The van der Waals surface area contributed by atoms with E-state index in [-0.39, 0.29) is 17.9 Å². The number of carbonyl (C=O) groups excluding carboxylic acids is 1. The number of rotatable bonds is 4. The van der Waals surface area contributed by atoms with Gasteiger partial charge in [0.05, 0.1) is 12.0 Å².